The number of halogens is 4. The van der Waals surface area contributed by atoms with Gasteiger partial charge < -0.3 is 19.0 Å². The summed E-state index contributed by atoms with van der Waals surface area (Å²) in [6.07, 6.45) is 2.32. The van der Waals surface area contributed by atoms with Crippen LogP contribution in [0, 0.1) is 17.6 Å². The number of amides is 1. The molecule has 2 aliphatic carbocycles. The van der Waals surface area contributed by atoms with E-state index in [0.29, 0.717) is 23.0 Å². The number of nitrogens with zero attached hydrogens (tertiary/aromatic N) is 2. The molecule has 256 valence electrons. The predicted octanol–water partition coefficient (Wildman–Crippen LogP) is 9.85. The Bertz CT molecular complexity index is 1430. The van der Waals surface area contributed by atoms with Crippen molar-refractivity contribution >= 4 is 52.7 Å². The van der Waals surface area contributed by atoms with Crippen molar-refractivity contribution in [2.45, 2.75) is 83.2 Å². The van der Waals surface area contributed by atoms with Crippen LogP contribution >= 0.6 is 35.1 Å². The number of anilines is 1. The lowest BCUT2D eigenvalue weighted by Crippen LogP contribution is -2.57. The van der Waals surface area contributed by atoms with Crippen molar-refractivity contribution in [1.82, 2.24) is 4.90 Å². The largest absolute Gasteiger partial charge is 0.481 e. The summed E-state index contributed by atoms with van der Waals surface area (Å²) in [6, 6.07) is 19.5. The highest BCUT2D eigenvalue weighted by Gasteiger charge is 2.47. The van der Waals surface area contributed by atoms with Crippen LogP contribution in [0.3, 0.4) is 0 Å². The normalized spacial score (nSPS) is 19.1. The number of hydrogen-bond donors (Lipinski definition) is 1. The maximum Gasteiger partial charge on any atom is 0.306 e. The molecule has 1 aliphatic heterocycles. The van der Waals surface area contributed by atoms with E-state index in [1.54, 1.807) is 41.1 Å². The van der Waals surface area contributed by atoms with Crippen LogP contribution in [0.5, 0.6) is 0 Å². The number of para-hydroxylation sites is 1. The Labute approximate surface area is 291 Å². The Hall–Kier alpha value is -2.85. The Morgan fingerprint density at radius 2 is 1.60 bits per heavy atom. The second-order valence-corrected chi connectivity index (χ2v) is 13.0. The van der Waals surface area contributed by atoms with E-state index in [2.05, 4.69) is 0 Å². The van der Waals surface area contributed by atoms with Crippen LogP contribution in [-0.4, -0.2) is 52.4 Å². The average Bonchev–Trinajstić information content (AvgIpc) is 4.01. The molecular formula is C36H44Cl2F2N2O4S. The van der Waals surface area contributed by atoms with Crippen molar-refractivity contribution in [3.63, 3.8) is 0 Å². The summed E-state index contributed by atoms with van der Waals surface area (Å²) in [5, 5.41) is 10.5. The average molecular weight is 710 g/mol. The van der Waals surface area contributed by atoms with Crippen LogP contribution < -0.4 is 4.31 Å². The molecule has 3 unspecified atom stereocenters. The maximum atomic E-state index is 14.9. The smallest absolute Gasteiger partial charge is 0.306 e. The summed E-state index contributed by atoms with van der Waals surface area (Å²) in [6.45, 7) is 8.40. The van der Waals surface area contributed by atoms with E-state index >= 15 is 0 Å². The van der Waals surface area contributed by atoms with Gasteiger partial charge in [0.2, 0.25) is 0 Å². The number of morpholine rings is 1. The maximum absolute atomic E-state index is 14.9. The molecule has 1 N–H and O–H groups in total. The molecule has 47 heavy (non-hydrogen) atoms. The molecule has 3 aromatic carbocycles. The first-order chi connectivity index (χ1) is 22.7. The van der Waals surface area contributed by atoms with Gasteiger partial charge in [-0.1, -0.05) is 87.3 Å². The van der Waals surface area contributed by atoms with Gasteiger partial charge in [0.15, 0.2) is 0 Å². The first-order valence-electron chi connectivity index (χ1n) is 16.2. The van der Waals surface area contributed by atoms with Crippen LogP contribution in [0.4, 0.5) is 14.5 Å². The molecule has 1 heterocycles. The van der Waals surface area contributed by atoms with E-state index in [4.69, 9.17) is 27.9 Å². The highest BCUT2D eigenvalue weighted by atomic mass is 35.5. The molecule has 6 rings (SSSR count). The van der Waals surface area contributed by atoms with Gasteiger partial charge in [0.05, 0.1) is 42.4 Å². The number of carbonyl (C=O) groups excluding carboxylic acids is 1. The third-order valence-corrected chi connectivity index (χ3v) is 9.47. The number of carbonyl (C=O) groups is 2. The van der Waals surface area contributed by atoms with Gasteiger partial charge in [-0.15, -0.1) is 0 Å². The molecule has 3 aromatic rings. The number of carboxylic acids is 1. The number of hydrogen-bond acceptors (Lipinski definition) is 5. The van der Waals surface area contributed by atoms with Crippen LogP contribution in [0.15, 0.2) is 72.8 Å². The Kier molecular flexibility index (Phi) is 15.8. The van der Waals surface area contributed by atoms with E-state index in [1.165, 1.54) is 18.2 Å². The number of aliphatic carboxylic acids is 1. The molecule has 2 saturated carbocycles. The van der Waals surface area contributed by atoms with Crippen molar-refractivity contribution in [3.05, 3.63) is 100 Å². The second-order valence-electron chi connectivity index (χ2n) is 10.9. The fraction of sp³-hybridized carbons (Fsp3) is 0.444. The number of benzene rings is 3. The zero-order valence-electron chi connectivity index (χ0n) is 27.3. The summed E-state index contributed by atoms with van der Waals surface area (Å²) in [7, 11) is 0. The summed E-state index contributed by atoms with van der Waals surface area (Å²) in [5.41, 5.74) is 0.980. The third kappa shape index (κ3) is 11.4. The van der Waals surface area contributed by atoms with Gasteiger partial charge in [-0.2, -0.15) is 0 Å². The molecule has 3 atom stereocenters. The van der Waals surface area contributed by atoms with Gasteiger partial charge in [0.25, 0.3) is 5.91 Å². The third-order valence-electron chi connectivity index (χ3n) is 7.54. The minimum absolute atomic E-state index is 0.0255. The molecular weight excluding hydrogens is 665 g/mol. The molecule has 3 fully saturated rings. The van der Waals surface area contributed by atoms with E-state index in [1.807, 2.05) is 62.3 Å². The zero-order valence-corrected chi connectivity index (χ0v) is 29.6. The fourth-order valence-electron chi connectivity index (χ4n) is 5.09. The zero-order chi connectivity index (χ0) is 34.5. The summed E-state index contributed by atoms with van der Waals surface area (Å²) >= 11 is 13.0. The summed E-state index contributed by atoms with van der Waals surface area (Å²) < 4.78 is 36.9. The molecule has 6 nitrogen and oxygen atoms in total. The van der Waals surface area contributed by atoms with Crippen molar-refractivity contribution < 1.29 is 28.2 Å². The van der Waals surface area contributed by atoms with Gasteiger partial charge in [0.1, 0.15) is 17.7 Å². The van der Waals surface area contributed by atoms with E-state index < -0.39 is 36.3 Å². The second kappa shape index (κ2) is 19.2. The molecule has 11 heteroatoms. The van der Waals surface area contributed by atoms with Gasteiger partial charge in [-0.05, 0) is 85.5 Å². The standard InChI is InChI=1S/C26H27ClF2N2O4S.C6H5Cl.2C2H6/c27-18-10-7-16(11-20(18)29)23-14-35-24(12-25(32)33)26(34)31(23)22(15-5-6-15)13-30(36-17-8-9-17)21-4-2-1-3-19(21)28;7-6-4-2-1-3-5-6;2*1-2/h1-4,7,10-11,15,17,22-24H,5-6,8-9,12-14H2,(H,32,33);1-5H;2*1-2H3. The molecule has 0 aromatic heterocycles. The Morgan fingerprint density at radius 1 is 0.957 bits per heavy atom. The van der Waals surface area contributed by atoms with E-state index in [9.17, 15) is 23.5 Å². The topological polar surface area (TPSA) is 70.1 Å². The van der Waals surface area contributed by atoms with E-state index in [-0.39, 0.29) is 29.4 Å². The predicted molar refractivity (Wildman–Crippen MR) is 188 cm³/mol. The van der Waals surface area contributed by atoms with Crippen molar-refractivity contribution in [1.29, 1.82) is 0 Å². The minimum atomic E-state index is -1.13. The minimum Gasteiger partial charge on any atom is -0.481 e. The Balaban J connectivity index is 0.000000472. The van der Waals surface area contributed by atoms with Crippen LogP contribution in [0.2, 0.25) is 10.0 Å². The molecule has 3 aliphatic rings. The molecule has 0 bridgehead atoms. The van der Waals surface area contributed by atoms with Crippen LogP contribution in [0.1, 0.15) is 71.4 Å². The monoisotopic (exact) mass is 708 g/mol. The van der Waals surface area contributed by atoms with Crippen molar-refractivity contribution in [2.75, 3.05) is 17.5 Å². The quantitative estimate of drug-likeness (QED) is 0.212. The van der Waals surface area contributed by atoms with E-state index in [0.717, 1.165) is 30.7 Å². The molecule has 1 amide bonds. The molecule has 0 radical (unpaired) electrons. The van der Waals surface area contributed by atoms with Crippen molar-refractivity contribution in [2.24, 2.45) is 5.92 Å². The lowest BCUT2D eigenvalue weighted by Gasteiger charge is -2.45. The van der Waals surface area contributed by atoms with Gasteiger partial charge in [-0.3, -0.25) is 9.59 Å². The SMILES string of the molecule is CC.CC.Clc1ccccc1.O=C(O)CC1OCC(c2ccc(Cl)c(F)c2)N(C(CN(SC2CC2)c2ccccc2F)C2CC2)C1=O. The highest BCUT2D eigenvalue weighted by Crippen LogP contribution is 2.45. The van der Waals surface area contributed by atoms with Crippen LogP contribution in [0.25, 0.3) is 0 Å². The molecule has 0 spiro atoms. The fourth-order valence-corrected chi connectivity index (χ4v) is 6.56. The van der Waals surface area contributed by atoms with Gasteiger partial charge >= 0.3 is 5.97 Å². The van der Waals surface area contributed by atoms with Crippen molar-refractivity contribution in [3.8, 4) is 0 Å². The number of carboxylic acid groups (broad SMARTS) is 1. The lowest BCUT2D eigenvalue weighted by molar-refractivity contribution is -0.169. The number of ether oxygens (including phenoxy) is 1. The van der Waals surface area contributed by atoms with Crippen LogP contribution in [-0.2, 0) is 14.3 Å². The summed E-state index contributed by atoms with van der Waals surface area (Å²) in [4.78, 5) is 26.8. The first kappa shape index (κ1) is 38.6. The van der Waals surface area contributed by atoms with Gasteiger partial charge in [-0.25, -0.2) is 8.78 Å². The highest BCUT2D eigenvalue weighted by molar-refractivity contribution is 8.01. The van der Waals surface area contributed by atoms with Gasteiger partial charge in [0, 0.05) is 10.3 Å². The summed E-state index contributed by atoms with van der Waals surface area (Å²) in [5.74, 6) is -2.34. The lowest BCUT2D eigenvalue weighted by atomic mass is 9.97. The number of rotatable bonds is 10. The molecule has 1 saturated heterocycles. The Morgan fingerprint density at radius 3 is 2.13 bits per heavy atom. The first-order valence-corrected chi connectivity index (χ1v) is 17.8.